The van der Waals surface area contributed by atoms with Gasteiger partial charge in [0.15, 0.2) is 11.7 Å². The summed E-state index contributed by atoms with van der Waals surface area (Å²) in [5.74, 6) is -0.966. The normalized spacial score (nSPS) is 11.8. The highest BCUT2D eigenvalue weighted by Crippen LogP contribution is 2.31. The van der Waals surface area contributed by atoms with Crippen LogP contribution in [0.15, 0.2) is 34.1 Å². The van der Waals surface area contributed by atoms with Crippen molar-refractivity contribution in [2.45, 2.75) is 19.5 Å². The van der Waals surface area contributed by atoms with Gasteiger partial charge in [0.25, 0.3) is 17.7 Å². The van der Waals surface area contributed by atoms with E-state index < -0.39 is 23.8 Å². The van der Waals surface area contributed by atoms with Gasteiger partial charge in [0.1, 0.15) is 16.4 Å². The Morgan fingerprint density at radius 1 is 1.31 bits per heavy atom. The van der Waals surface area contributed by atoms with Crippen LogP contribution >= 0.6 is 22.9 Å². The maximum absolute atomic E-state index is 13.6. The summed E-state index contributed by atoms with van der Waals surface area (Å²) in [4.78, 5) is 40.6. The molecule has 32 heavy (non-hydrogen) atoms. The van der Waals surface area contributed by atoms with Crippen molar-refractivity contribution < 1.29 is 23.5 Å². The van der Waals surface area contributed by atoms with E-state index in [0.717, 1.165) is 16.4 Å². The van der Waals surface area contributed by atoms with Crippen LogP contribution in [0.25, 0.3) is 0 Å². The lowest BCUT2D eigenvalue weighted by molar-refractivity contribution is -0.126. The van der Waals surface area contributed by atoms with Gasteiger partial charge in [-0.15, -0.1) is 11.3 Å². The zero-order chi connectivity index (χ0) is 23.3. The minimum absolute atomic E-state index is 0.0216. The molecule has 0 unspecified atom stereocenters. The van der Waals surface area contributed by atoms with Crippen molar-refractivity contribution >= 4 is 46.3 Å². The van der Waals surface area contributed by atoms with Gasteiger partial charge in [0.2, 0.25) is 0 Å². The second kappa shape index (κ2) is 10.4. The summed E-state index contributed by atoms with van der Waals surface area (Å²) in [5.41, 5.74) is 11.0. The quantitative estimate of drug-likeness (QED) is 0.377. The van der Waals surface area contributed by atoms with Gasteiger partial charge >= 0.3 is 0 Å². The van der Waals surface area contributed by atoms with E-state index in [1.54, 1.807) is 19.1 Å². The van der Waals surface area contributed by atoms with Crippen LogP contribution in [-0.2, 0) is 16.1 Å². The first-order valence-electron chi connectivity index (χ1n) is 9.54. The van der Waals surface area contributed by atoms with Crippen molar-refractivity contribution in [3.05, 3.63) is 56.6 Å². The fourth-order valence-electron chi connectivity index (χ4n) is 3.01. The second-order valence-electron chi connectivity index (χ2n) is 6.79. The topological polar surface area (TPSA) is 154 Å². The van der Waals surface area contributed by atoms with E-state index in [-0.39, 0.29) is 29.3 Å². The van der Waals surface area contributed by atoms with Crippen molar-refractivity contribution in [2.75, 3.05) is 26.0 Å². The van der Waals surface area contributed by atoms with E-state index in [2.05, 4.69) is 9.69 Å². The zero-order valence-corrected chi connectivity index (χ0v) is 19.1. The Morgan fingerprint density at radius 3 is 2.66 bits per heavy atom. The number of nitrogens with zero attached hydrogens (tertiary/aromatic N) is 2. The van der Waals surface area contributed by atoms with Crippen molar-refractivity contribution in [1.82, 2.24) is 14.6 Å². The first-order chi connectivity index (χ1) is 15.3. The third-order valence-corrected chi connectivity index (χ3v) is 6.23. The van der Waals surface area contributed by atoms with Gasteiger partial charge in [-0.1, -0.05) is 6.07 Å². The molecular weight excluding hydrogens is 454 g/mol. The molecule has 0 aliphatic carbocycles. The maximum atomic E-state index is 13.6. The predicted molar refractivity (Wildman–Crippen MR) is 120 cm³/mol. The van der Waals surface area contributed by atoms with E-state index in [9.17, 15) is 14.4 Å². The number of carbonyl (C=O) groups excluding carboxylic acids is 3. The molecule has 0 saturated carbocycles. The molecule has 3 aromatic heterocycles. The van der Waals surface area contributed by atoms with Crippen LogP contribution in [0.2, 0.25) is 0 Å². The largest absolute Gasteiger partial charge is 0.464 e. The Labute approximate surface area is 192 Å². The van der Waals surface area contributed by atoms with Gasteiger partial charge in [0.05, 0.1) is 18.8 Å². The molecule has 0 radical (unpaired) electrons. The molecule has 170 valence electrons. The lowest BCUT2D eigenvalue weighted by Gasteiger charge is -2.29. The van der Waals surface area contributed by atoms with E-state index in [1.165, 1.54) is 23.3 Å². The number of nitrogen functional groups attached to an aromatic ring is 1. The molecule has 0 saturated heterocycles. The van der Waals surface area contributed by atoms with Crippen LogP contribution in [0.5, 0.6) is 0 Å². The summed E-state index contributed by atoms with van der Waals surface area (Å²) in [7, 11) is 1.52. The number of ether oxygens (including phenoxy) is 1. The van der Waals surface area contributed by atoms with Crippen molar-refractivity contribution in [2.24, 2.45) is 5.73 Å². The smallest absolute Gasteiger partial charge is 0.270 e. The van der Waals surface area contributed by atoms with Crippen molar-refractivity contribution in [1.29, 1.82) is 0 Å². The van der Waals surface area contributed by atoms with Crippen LogP contribution in [-0.4, -0.2) is 47.3 Å². The molecule has 0 aliphatic rings. The number of amides is 3. The minimum atomic E-state index is -1.09. The highest BCUT2D eigenvalue weighted by molar-refractivity contribution is 7.10. The van der Waals surface area contributed by atoms with Gasteiger partial charge in [-0.3, -0.25) is 14.4 Å². The van der Waals surface area contributed by atoms with Crippen LogP contribution in [0.1, 0.15) is 42.6 Å². The number of furan rings is 1. The molecule has 3 rings (SSSR count). The maximum Gasteiger partial charge on any atom is 0.270 e. The minimum Gasteiger partial charge on any atom is -0.464 e. The van der Waals surface area contributed by atoms with Crippen LogP contribution in [0.3, 0.4) is 0 Å². The first kappa shape index (κ1) is 23.4. The Balaban J connectivity index is 2.04. The molecule has 10 nitrogen and oxygen atoms in total. The fourth-order valence-corrected chi connectivity index (χ4v) is 4.47. The molecule has 0 bridgehead atoms. The fraction of sp³-hybridized carbons (Fsp3) is 0.300. The molecule has 0 aliphatic heterocycles. The summed E-state index contributed by atoms with van der Waals surface area (Å²) in [5, 5.41) is 4.63. The molecule has 3 heterocycles. The first-order valence-corrected chi connectivity index (χ1v) is 11.2. The molecule has 3 amide bonds. The molecule has 0 spiro atoms. The Bertz CT molecular complexity index is 1090. The number of thiophene rings is 1. The number of rotatable bonds is 10. The molecule has 1 atom stereocenters. The summed E-state index contributed by atoms with van der Waals surface area (Å²) >= 11 is 2.19. The van der Waals surface area contributed by atoms with E-state index in [4.69, 9.17) is 20.6 Å². The number of hydrogen-bond donors (Lipinski definition) is 3. The number of aromatic nitrogens is 1. The van der Waals surface area contributed by atoms with Gasteiger partial charge in [-0.2, -0.15) is 4.37 Å². The lowest BCUT2D eigenvalue weighted by Crippen LogP contribution is -2.44. The monoisotopic (exact) mass is 477 g/mol. The van der Waals surface area contributed by atoms with Crippen molar-refractivity contribution in [3.63, 3.8) is 0 Å². The van der Waals surface area contributed by atoms with Crippen LogP contribution in [0, 0.1) is 6.92 Å². The third-order valence-electron chi connectivity index (χ3n) is 4.52. The molecular formula is C20H23N5O5S2. The SMILES string of the molecule is COCCNC(=O)[C@@H](c1ccc(C)o1)N(Cc1cccs1)C(=O)c1snc(C(N)=O)c1N. The third kappa shape index (κ3) is 5.15. The number of primary amides is 1. The number of nitrogens with two attached hydrogens (primary N) is 2. The zero-order valence-electron chi connectivity index (χ0n) is 17.5. The molecule has 12 heteroatoms. The van der Waals surface area contributed by atoms with E-state index in [0.29, 0.717) is 18.1 Å². The molecule has 3 aromatic rings. The van der Waals surface area contributed by atoms with Gasteiger partial charge in [0, 0.05) is 18.5 Å². The average molecular weight is 478 g/mol. The molecule has 0 aromatic carbocycles. The van der Waals surface area contributed by atoms with Crippen LogP contribution < -0.4 is 16.8 Å². The van der Waals surface area contributed by atoms with Gasteiger partial charge in [-0.05, 0) is 42.0 Å². The highest BCUT2D eigenvalue weighted by atomic mass is 32.1. The van der Waals surface area contributed by atoms with Crippen molar-refractivity contribution in [3.8, 4) is 0 Å². The number of anilines is 1. The number of carbonyl (C=O) groups is 3. The predicted octanol–water partition coefficient (Wildman–Crippen LogP) is 1.93. The Morgan fingerprint density at radius 2 is 2.09 bits per heavy atom. The summed E-state index contributed by atoms with van der Waals surface area (Å²) in [6.45, 7) is 2.41. The second-order valence-corrected chi connectivity index (χ2v) is 8.59. The molecule has 0 fully saturated rings. The average Bonchev–Trinajstić information content (AvgIpc) is 3.49. The number of nitrogens with one attached hydrogen (secondary N) is 1. The highest BCUT2D eigenvalue weighted by Gasteiger charge is 2.36. The van der Waals surface area contributed by atoms with Gasteiger partial charge in [-0.25, -0.2) is 0 Å². The van der Waals surface area contributed by atoms with E-state index in [1.807, 2.05) is 17.5 Å². The number of hydrogen-bond acceptors (Lipinski definition) is 9. The Hall–Kier alpha value is -3.22. The Kier molecular flexibility index (Phi) is 7.62. The number of methoxy groups -OCH3 is 1. The molecule has 5 N–H and O–H groups in total. The van der Waals surface area contributed by atoms with E-state index >= 15 is 0 Å². The number of aryl methyl sites for hydroxylation is 1. The van der Waals surface area contributed by atoms with Crippen LogP contribution in [0.4, 0.5) is 5.69 Å². The van der Waals surface area contributed by atoms with Gasteiger partial charge < -0.3 is 30.8 Å². The standard InChI is InChI=1S/C20H23N5O5S2/c1-11-5-6-13(30-11)16(19(27)23-7-8-29-2)25(10-12-4-3-9-31-12)20(28)17-14(21)15(18(22)26)24-32-17/h3-6,9,16H,7-8,10,21H2,1-2H3,(H2,22,26)(H,23,27)/t16-/m1/s1. The summed E-state index contributed by atoms with van der Waals surface area (Å²) in [6, 6.07) is 5.97. The summed E-state index contributed by atoms with van der Waals surface area (Å²) in [6.07, 6.45) is 0. The lowest BCUT2D eigenvalue weighted by atomic mass is 10.1. The summed E-state index contributed by atoms with van der Waals surface area (Å²) < 4.78 is 14.6.